The van der Waals surface area contributed by atoms with Crippen LogP contribution in [0.2, 0.25) is 0 Å². The monoisotopic (exact) mass is 152 g/mol. The molecular weight excluding hydrogens is 140 g/mol. The Morgan fingerprint density at radius 1 is 1.55 bits per heavy atom. The number of nitrogens with one attached hydrogen (secondary N) is 1. The second-order valence-corrected chi connectivity index (χ2v) is 3.10. The van der Waals surface area contributed by atoms with Crippen LogP contribution in [0.4, 0.5) is 0 Å². The number of rotatable bonds is 0. The van der Waals surface area contributed by atoms with Gasteiger partial charge in [0.1, 0.15) is 11.6 Å². The third-order valence-electron chi connectivity index (χ3n) is 2.33. The van der Waals surface area contributed by atoms with Crippen molar-refractivity contribution in [1.82, 2.24) is 5.32 Å². The van der Waals surface area contributed by atoms with E-state index in [1.807, 2.05) is 0 Å². The molecule has 0 bridgehead atoms. The van der Waals surface area contributed by atoms with Crippen molar-refractivity contribution in [3.63, 3.8) is 0 Å². The van der Waals surface area contributed by atoms with E-state index >= 15 is 0 Å². The van der Waals surface area contributed by atoms with Crippen molar-refractivity contribution in [2.75, 3.05) is 13.1 Å². The van der Waals surface area contributed by atoms with Crippen molar-refractivity contribution < 1.29 is 4.79 Å². The van der Waals surface area contributed by atoms with E-state index in [1.165, 1.54) is 0 Å². The molecule has 0 aromatic rings. The lowest BCUT2D eigenvalue weighted by molar-refractivity contribution is -0.121. The Balaban J connectivity index is 2.19. The van der Waals surface area contributed by atoms with Gasteiger partial charge in [-0.25, -0.2) is 0 Å². The maximum Gasteiger partial charge on any atom is 0.145 e. The summed E-state index contributed by atoms with van der Waals surface area (Å²) in [6, 6.07) is 0. The maximum atomic E-state index is 11.3. The lowest BCUT2D eigenvalue weighted by atomic mass is 9.90. The van der Waals surface area contributed by atoms with E-state index in [0.717, 1.165) is 25.2 Å². The highest BCUT2D eigenvalue weighted by atomic mass is 16.1. The summed E-state index contributed by atoms with van der Waals surface area (Å²) in [6.45, 7) is 1.68. The second-order valence-electron chi connectivity index (χ2n) is 3.10. The summed E-state index contributed by atoms with van der Waals surface area (Å²) in [5, 5.41) is 3.18. The minimum Gasteiger partial charge on any atom is -0.373 e. The van der Waals surface area contributed by atoms with E-state index in [9.17, 15) is 4.79 Å². The number of piperidine rings is 1. The molecule has 2 aliphatic heterocycles. The molecule has 3 heteroatoms. The van der Waals surface area contributed by atoms with Crippen LogP contribution in [0.3, 0.4) is 0 Å². The number of hydrogen-bond donors (Lipinski definition) is 1. The summed E-state index contributed by atoms with van der Waals surface area (Å²) in [5.74, 6) is 1.45. The average Bonchev–Trinajstić information content (AvgIpc) is 2.06. The normalized spacial score (nSPS) is 30.4. The summed E-state index contributed by atoms with van der Waals surface area (Å²) in [4.78, 5) is 15.6. The molecule has 60 valence electrons. The molecule has 11 heavy (non-hydrogen) atoms. The summed E-state index contributed by atoms with van der Waals surface area (Å²) in [5.41, 5.74) is 0. The number of hydrogen-bond acceptors (Lipinski definition) is 3. The van der Waals surface area contributed by atoms with Crippen LogP contribution < -0.4 is 5.32 Å². The molecule has 0 spiro atoms. The van der Waals surface area contributed by atoms with Crippen molar-refractivity contribution in [2.45, 2.75) is 19.3 Å². The van der Waals surface area contributed by atoms with Crippen LogP contribution in [-0.2, 0) is 4.79 Å². The van der Waals surface area contributed by atoms with Crippen molar-refractivity contribution >= 4 is 11.6 Å². The van der Waals surface area contributed by atoms with Crippen molar-refractivity contribution in [3.8, 4) is 0 Å². The van der Waals surface area contributed by atoms with E-state index in [-0.39, 0.29) is 5.92 Å². The minimum atomic E-state index is 0.123. The molecule has 0 radical (unpaired) electrons. The van der Waals surface area contributed by atoms with E-state index in [4.69, 9.17) is 0 Å². The standard InChI is InChI=1S/C8H12N2O/c11-7-3-5-10-8-6(7)2-1-4-9-8/h6H,1-5H2,(H,9,10). The molecule has 1 fully saturated rings. The Kier molecular flexibility index (Phi) is 1.64. The second kappa shape index (κ2) is 2.64. The fraction of sp³-hybridized carbons (Fsp3) is 0.750. The number of fused-ring (bicyclic) bond motifs is 1. The first-order chi connectivity index (χ1) is 5.38. The molecule has 2 heterocycles. The maximum absolute atomic E-state index is 11.3. The van der Waals surface area contributed by atoms with Gasteiger partial charge in [-0.1, -0.05) is 0 Å². The van der Waals surface area contributed by atoms with Crippen LogP contribution in [-0.4, -0.2) is 24.7 Å². The molecular formula is C8H12N2O. The largest absolute Gasteiger partial charge is 0.373 e. The molecule has 1 N–H and O–H groups in total. The van der Waals surface area contributed by atoms with E-state index in [0.29, 0.717) is 18.7 Å². The van der Waals surface area contributed by atoms with Crippen LogP contribution in [0.1, 0.15) is 19.3 Å². The third-order valence-corrected chi connectivity index (χ3v) is 2.33. The zero-order valence-corrected chi connectivity index (χ0v) is 6.47. The van der Waals surface area contributed by atoms with Gasteiger partial charge in [0.2, 0.25) is 0 Å². The van der Waals surface area contributed by atoms with Crippen molar-refractivity contribution in [3.05, 3.63) is 0 Å². The fourth-order valence-electron chi connectivity index (χ4n) is 1.72. The van der Waals surface area contributed by atoms with Gasteiger partial charge in [0, 0.05) is 19.5 Å². The number of nitrogens with zero attached hydrogens (tertiary/aromatic N) is 1. The number of amidine groups is 1. The lowest BCUT2D eigenvalue weighted by Crippen LogP contribution is -2.43. The Morgan fingerprint density at radius 3 is 3.27 bits per heavy atom. The summed E-state index contributed by atoms with van der Waals surface area (Å²) >= 11 is 0. The SMILES string of the molecule is O=C1CCN=C2NCCCC12. The highest BCUT2D eigenvalue weighted by Crippen LogP contribution is 2.18. The molecule has 3 nitrogen and oxygen atoms in total. The Hall–Kier alpha value is -0.860. The quantitative estimate of drug-likeness (QED) is 0.544. The molecule has 0 saturated carbocycles. The zero-order chi connectivity index (χ0) is 7.68. The first-order valence-corrected chi connectivity index (χ1v) is 4.19. The smallest absolute Gasteiger partial charge is 0.145 e. The number of ketones is 1. The third kappa shape index (κ3) is 1.15. The van der Waals surface area contributed by atoms with Gasteiger partial charge < -0.3 is 5.32 Å². The molecule has 0 aliphatic carbocycles. The molecule has 1 unspecified atom stereocenters. The van der Waals surface area contributed by atoms with Gasteiger partial charge in [0.05, 0.1) is 5.92 Å². The predicted molar refractivity (Wildman–Crippen MR) is 42.7 cm³/mol. The van der Waals surface area contributed by atoms with Gasteiger partial charge in [-0.05, 0) is 12.8 Å². The van der Waals surface area contributed by atoms with Gasteiger partial charge >= 0.3 is 0 Å². The topological polar surface area (TPSA) is 41.5 Å². The van der Waals surface area contributed by atoms with Crippen LogP contribution >= 0.6 is 0 Å². The van der Waals surface area contributed by atoms with Gasteiger partial charge in [0.25, 0.3) is 0 Å². The van der Waals surface area contributed by atoms with Crippen molar-refractivity contribution in [2.24, 2.45) is 10.9 Å². The zero-order valence-electron chi connectivity index (χ0n) is 6.47. The highest BCUT2D eigenvalue weighted by Gasteiger charge is 2.28. The Bertz CT molecular complexity index is 210. The van der Waals surface area contributed by atoms with E-state index in [2.05, 4.69) is 10.3 Å². The Morgan fingerprint density at radius 2 is 2.45 bits per heavy atom. The molecule has 0 aromatic carbocycles. The molecule has 1 atom stereocenters. The van der Waals surface area contributed by atoms with Crippen LogP contribution in [0.15, 0.2) is 4.99 Å². The minimum absolute atomic E-state index is 0.123. The first kappa shape index (κ1) is 6.83. The van der Waals surface area contributed by atoms with Crippen LogP contribution in [0.5, 0.6) is 0 Å². The summed E-state index contributed by atoms with van der Waals surface area (Å²) in [6.07, 6.45) is 2.76. The van der Waals surface area contributed by atoms with Crippen LogP contribution in [0, 0.1) is 5.92 Å². The van der Waals surface area contributed by atoms with E-state index < -0.39 is 0 Å². The molecule has 2 rings (SSSR count). The Labute approximate surface area is 65.9 Å². The summed E-state index contributed by atoms with van der Waals surface area (Å²) < 4.78 is 0. The number of carbonyl (C=O) groups excluding carboxylic acids is 1. The summed E-state index contributed by atoms with van der Waals surface area (Å²) in [7, 11) is 0. The van der Waals surface area contributed by atoms with Gasteiger partial charge in [0.15, 0.2) is 0 Å². The number of Topliss-reactive ketones (excluding diaryl/α,β-unsaturated/α-hetero) is 1. The van der Waals surface area contributed by atoms with Crippen LogP contribution in [0.25, 0.3) is 0 Å². The average molecular weight is 152 g/mol. The van der Waals surface area contributed by atoms with Gasteiger partial charge in [-0.3, -0.25) is 9.79 Å². The molecule has 2 aliphatic rings. The fourth-order valence-corrected chi connectivity index (χ4v) is 1.72. The first-order valence-electron chi connectivity index (χ1n) is 4.19. The molecule has 1 saturated heterocycles. The van der Waals surface area contributed by atoms with E-state index in [1.54, 1.807) is 0 Å². The highest BCUT2D eigenvalue weighted by molar-refractivity contribution is 6.05. The van der Waals surface area contributed by atoms with Crippen molar-refractivity contribution in [1.29, 1.82) is 0 Å². The predicted octanol–water partition coefficient (Wildman–Crippen LogP) is 0.357. The number of aliphatic imine (C=N–C) groups is 1. The lowest BCUT2D eigenvalue weighted by Gasteiger charge is -2.27. The van der Waals surface area contributed by atoms with Gasteiger partial charge in [-0.2, -0.15) is 0 Å². The molecule has 0 aromatic heterocycles. The van der Waals surface area contributed by atoms with Gasteiger partial charge in [-0.15, -0.1) is 0 Å². The molecule has 0 amide bonds. The number of carbonyl (C=O) groups is 1.